The molecule has 9 nitrogen and oxygen atoms in total. The molecular formula is C41H30N2O7. The Morgan fingerprint density at radius 2 is 0.980 bits per heavy atom. The fraction of sp³-hybridized carbons (Fsp3) is 0.146. The molecule has 1 saturated heterocycles. The van der Waals surface area contributed by atoms with E-state index in [1.165, 1.54) is 24.3 Å². The van der Waals surface area contributed by atoms with Crippen LogP contribution in [0.15, 0.2) is 133 Å². The van der Waals surface area contributed by atoms with E-state index >= 15 is 14.4 Å². The molecule has 0 unspecified atom stereocenters. The van der Waals surface area contributed by atoms with Crippen LogP contribution >= 0.6 is 0 Å². The summed E-state index contributed by atoms with van der Waals surface area (Å²) in [4.78, 5) is 58.2. The number of imide groups is 1. The second-order valence-corrected chi connectivity index (χ2v) is 12.6. The first-order valence-corrected chi connectivity index (χ1v) is 16.1. The molecule has 0 N–H and O–H groups in total. The number of allylic oxidation sites excluding steroid dienone is 2. The lowest BCUT2D eigenvalue weighted by atomic mass is 9.59. The maximum Gasteiger partial charge on any atom is 0.269 e. The molecule has 3 aliphatic rings. The zero-order valence-electron chi connectivity index (χ0n) is 27.1. The van der Waals surface area contributed by atoms with Crippen molar-refractivity contribution in [2.45, 2.75) is 10.8 Å². The molecular weight excluding hydrogens is 632 g/mol. The summed E-state index contributed by atoms with van der Waals surface area (Å²) in [5.74, 6) is -2.34. The zero-order valence-corrected chi connectivity index (χ0v) is 27.1. The molecule has 9 heteroatoms. The number of carbonyl (C=O) groups excluding carboxylic acids is 3. The van der Waals surface area contributed by atoms with Gasteiger partial charge in [-0.25, -0.2) is 4.90 Å². The van der Waals surface area contributed by atoms with Crippen LogP contribution in [0.5, 0.6) is 11.5 Å². The Balaban J connectivity index is 1.51. The smallest absolute Gasteiger partial charge is 0.269 e. The monoisotopic (exact) mass is 662 g/mol. The van der Waals surface area contributed by atoms with Gasteiger partial charge in [-0.1, -0.05) is 84.9 Å². The Morgan fingerprint density at radius 1 is 0.580 bits per heavy atom. The number of ketones is 1. The number of hydrogen-bond acceptors (Lipinski definition) is 7. The first-order valence-electron chi connectivity index (χ1n) is 16.1. The molecule has 2 fully saturated rings. The highest BCUT2D eigenvalue weighted by Crippen LogP contribution is 2.74. The Bertz CT molecular complexity index is 2090. The van der Waals surface area contributed by atoms with Crippen molar-refractivity contribution in [2.75, 3.05) is 19.1 Å². The molecule has 2 aliphatic carbocycles. The topological polar surface area (TPSA) is 116 Å². The zero-order chi connectivity index (χ0) is 34.8. The molecule has 1 heterocycles. The van der Waals surface area contributed by atoms with Gasteiger partial charge in [0.15, 0.2) is 5.78 Å². The van der Waals surface area contributed by atoms with E-state index in [4.69, 9.17) is 9.47 Å². The van der Waals surface area contributed by atoms with E-state index in [0.717, 1.165) is 4.90 Å². The van der Waals surface area contributed by atoms with Crippen molar-refractivity contribution >= 4 is 40.1 Å². The van der Waals surface area contributed by atoms with Gasteiger partial charge in [0.1, 0.15) is 11.5 Å². The predicted molar refractivity (Wildman–Crippen MR) is 187 cm³/mol. The van der Waals surface area contributed by atoms with Crippen molar-refractivity contribution in [2.24, 2.45) is 11.8 Å². The number of hydrogen-bond donors (Lipinski definition) is 0. The first kappa shape index (κ1) is 31.0. The summed E-state index contributed by atoms with van der Waals surface area (Å²) < 4.78 is 11.0. The number of nitro benzene ring substituents is 1. The summed E-state index contributed by atoms with van der Waals surface area (Å²) in [6.07, 6.45) is 0. The van der Waals surface area contributed by atoms with Crippen LogP contribution in [0.1, 0.15) is 22.3 Å². The molecule has 1 aliphatic heterocycles. The molecule has 0 spiro atoms. The third-order valence-corrected chi connectivity index (χ3v) is 10.5. The predicted octanol–water partition coefficient (Wildman–Crippen LogP) is 6.80. The Morgan fingerprint density at radius 3 is 1.34 bits per heavy atom. The minimum absolute atomic E-state index is 0.171. The number of non-ortho nitro benzene ring substituents is 1. The largest absolute Gasteiger partial charge is 0.497 e. The van der Waals surface area contributed by atoms with Gasteiger partial charge in [-0.3, -0.25) is 24.5 Å². The number of nitrogens with zero attached hydrogens (tertiary/aromatic N) is 2. The van der Waals surface area contributed by atoms with E-state index in [-0.39, 0.29) is 17.2 Å². The average Bonchev–Trinajstić information content (AvgIpc) is 3.67. The number of nitro groups is 1. The third kappa shape index (κ3) is 3.97. The molecule has 5 aromatic carbocycles. The number of amides is 2. The first-order chi connectivity index (χ1) is 24.3. The molecule has 8 rings (SSSR count). The number of ether oxygens (including phenoxy) is 2. The van der Waals surface area contributed by atoms with Gasteiger partial charge in [0, 0.05) is 12.1 Å². The van der Waals surface area contributed by atoms with Crippen molar-refractivity contribution < 1.29 is 28.8 Å². The van der Waals surface area contributed by atoms with Crippen molar-refractivity contribution in [3.8, 4) is 11.5 Å². The lowest BCUT2D eigenvalue weighted by molar-refractivity contribution is -0.384. The Hall–Kier alpha value is -6.35. The van der Waals surface area contributed by atoms with Crippen LogP contribution in [0.2, 0.25) is 0 Å². The van der Waals surface area contributed by atoms with Gasteiger partial charge in [-0.05, 0) is 69.8 Å². The second kappa shape index (κ2) is 11.4. The number of benzene rings is 5. The fourth-order valence-corrected chi connectivity index (χ4v) is 8.62. The minimum Gasteiger partial charge on any atom is -0.497 e. The van der Waals surface area contributed by atoms with Gasteiger partial charge in [0.2, 0.25) is 11.8 Å². The number of Topliss-reactive ketones (excluding diaryl/α,β-unsaturated/α-hetero) is 1. The van der Waals surface area contributed by atoms with E-state index in [1.54, 1.807) is 14.2 Å². The highest BCUT2D eigenvalue weighted by molar-refractivity contribution is 6.39. The maximum atomic E-state index is 16.0. The van der Waals surface area contributed by atoms with Crippen LogP contribution in [0.4, 0.5) is 11.4 Å². The van der Waals surface area contributed by atoms with Crippen LogP contribution in [0.25, 0.3) is 11.1 Å². The third-order valence-electron chi connectivity index (χ3n) is 10.5. The highest BCUT2D eigenvalue weighted by atomic mass is 16.6. The summed E-state index contributed by atoms with van der Waals surface area (Å²) >= 11 is 0. The molecule has 0 aromatic heterocycles. The number of carbonyl (C=O) groups is 3. The van der Waals surface area contributed by atoms with Crippen molar-refractivity contribution in [1.82, 2.24) is 0 Å². The molecule has 50 heavy (non-hydrogen) atoms. The van der Waals surface area contributed by atoms with Crippen molar-refractivity contribution in [3.63, 3.8) is 0 Å². The molecule has 2 amide bonds. The van der Waals surface area contributed by atoms with Crippen LogP contribution in [0, 0.1) is 22.0 Å². The highest BCUT2D eigenvalue weighted by Gasteiger charge is 2.82. The summed E-state index contributed by atoms with van der Waals surface area (Å²) in [6, 6.07) is 38.6. The van der Waals surface area contributed by atoms with Crippen LogP contribution < -0.4 is 14.4 Å². The van der Waals surface area contributed by atoms with Gasteiger partial charge in [0.25, 0.3) is 5.69 Å². The summed E-state index contributed by atoms with van der Waals surface area (Å²) in [7, 11) is 3.16. The Kier molecular flexibility index (Phi) is 7.04. The van der Waals surface area contributed by atoms with Crippen LogP contribution in [0.3, 0.4) is 0 Å². The molecule has 5 aromatic rings. The molecule has 4 atom stereocenters. The number of fused-ring (bicyclic) bond motifs is 5. The van der Waals surface area contributed by atoms with Gasteiger partial charge in [-0.15, -0.1) is 0 Å². The minimum atomic E-state index is -1.59. The lowest BCUT2D eigenvalue weighted by Crippen LogP contribution is -2.45. The standard InChI is InChI=1S/C41H30N2O7/c1-49-31-21-13-25(14-22-31)33-34(26-15-23-32(50-2)24-16-26)41(28-11-7-4-8-12-28)36-35(40(33,39(41)46)27-9-5-3-6-10-27)37(44)42(38(36)45)29-17-19-30(20-18-29)43(47)48/h3-24,35-36H,1-2H3/t35-,36-,40-,41+/m1/s1. The number of rotatable bonds is 8. The SMILES string of the molecule is COc1ccc(C2=C(c3ccc(OC)cc3)[C@@]3(c4ccccc4)C(=O)[C@]2(c2ccccc2)[C@H]2C(=O)N(c4ccc([N+](=O)[O-])cc4)C(=O)[C@@H]23)cc1. The van der Waals surface area contributed by atoms with E-state index in [0.29, 0.717) is 44.9 Å². The summed E-state index contributed by atoms with van der Waals surface area (Å²) in [6.45, 7) is 0. The van der Waals surface area contributed by atoms with Crippen molar-refractivity contribution in [3.05, 3.63) is 166 Å². The second-order valence-electron chi connectivity index (χ2n) is 12.6. The van der Waals surface area contributed by atoms with Crippen LogP contribution in [-0.2, 0) is 25.2 Å². The van der Waals surface area contributed by atoms with E-state index in [9.17, 15) is 10.1 Å². The fourth-order valence-electron chi connectivity index (χ4n) is 8.62. The molecule has 246 valence electrons. The van der Waals surface area contributed by atoms with Crippen molar-refractivity contribution in [1.29, 1.82) is 0 Å². The van der Waals surface area contributed by atoms with Gasteiger partial charge in [-0.2, -0.15) is 0 Å². The van der Waals surface area contributed by atoms with Gasteiger partial charge < -0.3 is 9.47 Å². The van der Waals surface area contributed by atoms with Gasteiger partial charge >= 0.3 is 0 Å². The Labute approximate surface area is 287 Å². The number of anilines is 1. The van der Waals surface area contributed by atoms with E-state index in [1.807, 2.05) is 109 Å². The molecule has 2 bridgehead atoms. The lowest BCUT2D eigenvalue weighted by Gasteiger charge is -2.39. The normalized spacial score (nSPS) is 23.7. The quantitative estimate of drug-likeness (QED) is 0.102. The van der Waals surface area contributed by atoms with Gasteiger partial charge in [0.05, 0.1) is 47.5 Å². The summed E-state index contributed by atoms with van der Waals surface area (Å²) in [5, 5.41) is 11.5. The van der Waals surface area contributed by atoms with E-state index in [2.05, 4.69) is 0 Å². The summed E-state index contributed by atoms with van der Waals surface area (Å²) in [5.41, 5.74) is 0.736. The molecule has 0 radical (unpaired) electrons. The average molecular weight is 663 g/mol. The van der Waals surface area contributed by atoms with Crippen LogP contribution in [-0.4, -0.2) is 36.7 Å². The maximum absolute atomic E-state index is 16.0. The molecule has 1 saturated carbocycles. The number of methoxy groups -OCH3 is 2. The van der Waals surface area contributed by atoms with E-state index < -0.39 is 39.4 Å².